The number of nitrogens with two attached hydrogens (primary N) is 1. The van der Waals surface area contributed by atoms with E-state index in [4.69, 9.17) is 10.5 Å². The first-order valence-corrected chi connectivity index (χ1v) is 5.87. The third-order valence-corrected chi connectivity index (χ3v) is 2.56. The van der Waals surface area contributed by atoms with Crippen LogP contribution in [0.5, 0.6) is 5.88 Å². The van der Waals surface area contributed by atoms with Crippen molar-refractivity contribution in [3.8, 4) is 5.88 Å². The zero-order valence-corrected chi connectivity index (χ0v) is 11.1. The quantitative estimate of drug-likeness (QED) is 0.838. The largest absolute Gasteiger partial charge is 0.574 e. The summed E-state index contributed by atoms with van der Waals surface area (Å²) in [5, 5.41) is 0. The van der Waals surface area contributed by atoms with E-state index in [-0.39, 0.29) is 25.1 Å². The topological polar surface area (TPSA) is 74.4 Å². The number of alkyl halides is 3. The zero-order valence-electron chi connectivity index (χ0n) is 11.1. The first-order valence-electron chi connectivity index (χ1n) is 5.87. The van der Waals surface area contributed by atoms with E-state index >= 15 is 0 Å². The van der Waals surface area contributed by atoms with Gasteiger partial charge in [0.25, 0.3) is 0 Å². The maximum atomic E-state index is 12.2. The number of pyridine rings is 1. The number of carbonyl (C=O) groups is 1. The van der Waals surface area contributed by atoms with E-state index in [1.54, 1.807) is 6.92 Å². The molecule has 1 aromatic rings. The molecule has 0 unspecified atom stereocenters. The lowest BCUT2D eigenvalue weighted by Gasteiger charge is -2.15. The molecule has 112 valence electrons. The molecule has 20 heavy (non-hydrogen) atoms. The van der Waals surface area contributed by atoms with Gasteiger partial charge >= 0.3 is 12.3 Å². The molecule has 0 aliphatic heterocycles. The lowest BCUT2D eigenvalue weighted by Crippen LogP contribution is -2.20. The number of aromatic nitrogens is 1. The SMILES string of the molecule is CCOC(=O)Cc1c(CN)cnc(OC(F)(F)F)c1C. The Bertz CT molecular complexity index is 490. The molecule has 5 nitrogen and oxygen atoms in total. The number of hydrogen-bond donors (Lipinski definition) is 1. The standard InChI is InChI=1S/C12H15F3N2O3/c1-3-19-10(18)4-9-7(2)11(20-12(13,14)15)17-6-8(9)5-16/h6H,3-5,16H2,1-2H3. The predicted octanol–water partition coefficient (Wildman–Crippen LogP) is 1.85. The highest BCUT2D eigenvalue weighted by Crippen LogP contribution is 2.28. The van der Waals surface area contributed by atoms with Crippen LogP contribution in [0.2, 0.25) is 0 Å². The molecular weight excluding hydrogens is 277 g/mol. The molecule has 0 aliphatic rings. The van der Waals surface area contributed by atoms with Crippen molar-refractivity contribution >= 4 is 5.97 Å². The normalized spacial score (nSPS) is 11.3. The van der Waals surface area contributed by atoms with Crippen LogP contribution in [0, 0.1) is 6.92 Å². The third kappa shape index (κ3) is 4.37. The Hall–Kier alpha value is -1.83. The van der Waals surface area contributed by atoms with E-state index in [1.165, 1.54) is 13.1 Å². The summed E-state index contributed by atoms with van der Waals surface area (Å²) in [4.78, 5) is 15.1. The van der Waals surface area contributed by atoms with Crippen molar-refractivity contribution in [2.75, 3.05) is 6.61 Å². The molecule has 0 bridgehead atoms. The number of nitrogens with zero attached hydrogens (tertiary/aromatic N) is 1. The van der Waals surface area contributed by atoms with Gasteiger partial charge in [-0.3, -0.25) is 4.79 Å². The second-order valence-corrected chi connectivity index (χ2v) is 3.93. The molecule has 0 radical (unpaired) electrons. The number of esters is 1. The van der Waals surface area contributed by atoms with Gasteiger partial charge in [-0.2, -0.15) is 0 Å². The molecule has 0 atom stereocenters. The molecule has 0 spiro atoms. The van der Waals surface area contributed by atoms with Gasteiger partial charge in [0.1, 0.15) is 0 Å². The van der Waals surface area contributed by atoms with E-state index in [2.05, 4.69) is 9.72 Å². The Balaban J connectivity index is 3.12. The van der Waals surface area contributed by atoms with Crippen LogP contribution in [0.25, 0.3) is 0 Å². The Morgan fingerprint density at radius 3 is 2.60 bits per heavy atom. The Kier molecular flexibility index (Phi) is 5.32. The number of ether oxygens (including phenoxy) is 2. The van der Waals surface area contributed by atoms with Crippen LogP contribution in [0.4, 0.5) is 13.2 Å². The monoisotopic (exact) mass is 292 g/mol. The molecule has 0 aliphatic carbocycles. The molecule has 0 fully saturated rings. The number of halogens is 3. The number of rotatable bonds is 5. The molecule has 1 heterocycles. The van der Waals surface area contributed by atoms with Gasteiger partial charge in [0.05, 0.1) is 13.0 Å². The van der Waals surface area contributed by atoms with E-state index in [9.17, 15) is 18.0 Å². The summed E-state index contributed by atoms with van der Waals surface area (Å²) in [7, 11) is 0. The third-order valence-electron chi connectivity index (χ3n) is 2.56. The summed E-state index contributed by atoms with van der Waals surface area (Å²) < 4.78 is 45.3. The smallest absolute Gasteiger partial charge is 0.466 e. The fraction of sp³-hybridized carbons (Fsp3) is 0.500. The van der Waals surface area contributed by atoms with Gasteiger partial charge in [0.15, 0.2) is 0 Å². The van der Waals surface area contributed by atoms with Crippen molar-refractivity contribution < 1.29 is 27.4 Å². The fourth-order valence-corrected chi connectivity index (χ4v) is 1.67. The minimum Gasteiger partial charge on any atom is -0.466 e. The second-order valence-electron chi connectivity index (χ2n) is 3.93. The maximum absolute atomic E-state index is 12.2. The minimum absolute atomic E-state index is 0.0505. The van der Waals surface area contributed by atoms with Gasteiger partial charge in [0, 0.05) is 18.3 Å². The molecule has 1 rings (SSSR count). The summed E-state index contributed by atoms with van der Waals surface area (Å²) in [5.41, 5.74) is 6.44. The molecule has 0 saturated carbocycles. The van der Waals surface area contributed by atoms with Gasteiger partial charge in [-0.25, -0.2) is 4.98 Å². The van der Waals surface area contributed by atoms with Crippen LogP contribution in [0.1, 0.15) is 23.6 Å². The van der Waals surface area contributed by atoms with Crippen molar-refractivity contribution in [1.82, 2.24) is 4.98 Å². The highest BCUT2D eigenvalue weighted by atomic mass is 19.4. The molecule has 1 aromatic heterocycles. The van der Waals surface area contributed by atoms with Crippen molar-refractivity contribution in [2.24, 2.45) is 5.73 Å². The van der Waals surface area contributed by atoms with Crippen molar-refractivity contribution in [2.45, 2.75) is 33.2 Å². The Morgan fingerprint density at radius 2 is 2.10 bits per heavy atom. The van der Waals surface area contributed by atoms with Crippen LogP contribution in [0.15, 0.2) is 6.20 Å². The van der Waals surface area contributed by atoms with Crippen LogP contribution in [-0.4, -0.2) is 23.9 Å². The zero-order chi connectivity index (χ0) is 15.3. The van der Waals surface area contributed by atoms with Crippen molar-refractivity contribution in [3.63, 3.8) is 0 Å². The van der Waals surface area contributed by atoms with Crippen molar-refractivity contribution in [1.29, 1.82) is 0 Å². The first kappa shape index (κ1) is 16.2. The molecule has 0 amide bonds. The van der Waals surface area contributed by atoms with Crippen LogP contribution >= 0.6 is 0 Å². The van der Waals surface area contributed by atoms with E-state index in [1.807, 2.05) is 0 Å². The minimum atomic E-state index is -4.84. The highest BCUT2D eigenvalue weighted by molar-refractivity contribution is 5.73. The van der Waals surface area contributed by atoms with E-state index in [0.29, 0.717) is 11.1 Å². The van der Waals surface area contributed by atoms with Gasteiger partial charge in [-0.1, -0.05) is 0 Å². The van der Waals surface area contributed by atoms with Gasteiger partial charge in [-0.05, 0) is 25.0 Å². The van der Waals surface area contributed by atoms with Crippen molar-refractivity contribution in [3.05, 3.63) is 22.9 Å². The number of carbonyl (C=O) groups excluding carboxylic acids is 1. The summed E-state index contributed by atoms with van der Waals surface area (Å²) >= 11 is 0. The van der Waals surface area contributed by atoms with Gasteiger partial charge < -0.3 is 15.2 Å². The van der Waals surface area contributed by atoms with E-state index < -0.39 is 18.2 Å². The predicted molar refractivity (Wildman–Crippen MR) is 63.9 cm³/mol. The van der Waals surface area contributed by atoms with Crippen LogP contribution < -0.4 is 10.5 Å². The Labute approximate surface area is 113 Å². The molecular formula is C12H15F3N2O3. The molecule has 0 aromatic carbocycles. The summed E-state index contributed by atoms with van der Waals surface area (Å²) in [5.74, 6) is -1.14. The first-order chi connectivity index (χ1) is 9.28. The lowest BCUT2D eigenvalue weighted by atomic mass is 10.0. The average Bonchev–Trinajstić information content (AvgIpc) is 2.33. The van der Waals surface area contributed by atoms with E-state index in [0.717, 1.165) is 0 Å². The molecule has 0 saturated heterocycles. The van der Waals surface area contributed by atoms with Crippen LogP contribution in [-0.2, 0) is 22.5 Å². The average molecular weight is 292 g/mol. The summed E-state index contributed by atoms with van der Waals surface area (Å²) in [6, 6.07) is 0. The number of hydrogen-bond acceptors (Lipinski definition) is 5. The summed E-state index contributed by atoms with van der Waals surface area (Å²) in [6.45, 7) is 3.27. The van der Waals surface area contributed by atoms with Gasteiger partial charge in [0.2, 0.25) is 5.88 Å². The second kappa shape index (κ2) is 6.56. The molecule has 2 N–H and O–H groups in total. The van der Waals surface area contributed by atoms with Crippen LogP contribution in [0.3, 0.4) is 0 Å². The maximum Gasteiger partial charge on any atom is 0.574 e. The fourth-order valence-electron chi connectivity index (χ4n) is 1.67. The molecule has 8 heteroatoms. The Morgan fingerprint density at radius 1 is 1.45 bits per heavy atom. The van der Waals surface area contributed by atoms with Gasteiger partial charge in [-0.15, -0.1) is 13.2 Å². The lowest BCUT2D eigenvalue weighted by molar-refractivity contribution is -0.276. The highest BCUT2D eigenvalue weighted by Gasteiger charge is 2.33. The summed E-state index contributed by atoms with van der Waals surface area (Å²) in [6.07, 6.45) is -3.85.